The summed E-state index contributed by atoms with van der Waals surface area (Å²) in [7, 11) is -4.40. The molecule has 0 unspecified atom stereocenters. The first-order valence-electron chi connectivity index (χ1n) is 4.23. The maximum Gasteiger partial charge on any atom is 0.264 e. The molecule has 0 fully saturated rings. The minimum Gasteiger partial charge on any atom is -0.270 e. The van der Waals surface area contributed by atoms with Crippen molar-refractivity contribution in [2.75, 3.05) is 12.9 Å². The smallest absolute Gasteiger partial charge is 0.264 e. The molecule has 0 aromatic rings. The highest BCUT2D eigenvalue weighted by Crippen LogP contribution is 2.02. The van der Waals surface area contributed by atoms with Gasteiger partial charge in [0.1, 0.15) is 0 Å². The molecule has 0 rings (SSSR count). The number of hydrogen-bond donors (Lipinski definition) is 0. The first kappa shape index (κ1) is 12.9. The maximum absolute atomic E-state index is 10.6. The third kappa shape index (κ3) is 11.9. The Kier molecular flexibility index (Phi) is 4.88. The SMILES string of the molecule is C[Si](C)(C)C=CCCOS(C)(=O)=O. The molecule has 78 valence electrons. The fraction of sp³-hybridized carbons (Fsp3) is 0.750. The fourth-order valence-corrected chi connectivity index (χ4v) is 1.98. The summed E-state index contributed by atoms with van der Waals surface area (Å²) in [6, 6.07) is 0. The molecule has 0 heterocycles. The fourth-order valence-electron chi connectivity index (χ4n) is 0.704. The van der Waals surface area contributed by atoms with E-state index in [1.54, 1.807) is 0 Å². The lowest BCUT2D eigenvalue weighted by molar-refractivity contribution is 0.328. The molecule has 0 saturated heterocycles. The van der Waals surface area contributed by atoms with Gasteiger partial charge in [0.05, 0.1) is 20.9 Å². The van der Waals surface area contributed by atoms with Gasteiger partial charge >= 0.3 is 0 Å². The second kappa shape index (κ2) is 4.93. The normalized spacial score (nSPS) is 13.8. The van der Waals surface area contributed by atoms with Crippen molar-refractivity contribution >= 4 is 18.2 Å². The average molecular weight is 222 g/mol. The molecule has 0 aromatic heterocycles. The van der Waals surface area contributed by atoms with Crippen LogP contribution in [0.5, 0.6) is 0 Å². The molecule has 0 aliphatic rings. The van der Waals surface area contributed by atoms with E-state index in [1.165, 1.54) is 0 Å². The van der Waals surface area contributed by atoms with Crippen LogP contribution >= 0.6 is 0 Å². The van der Waals surface area contributed by atoms with E-state index in [0.29, 0.717) is 6.42 Å². The van der Waals surface area contributed by atoms with Crippen LogP contribution in [0.1, 0.15) is 6.42 Å². The molecular formula is C8H18O3SSi. The first-order valence-corrected chi connectivity index (χ1v) is 9.62. The summed E-state index contributed by atoms with van der Waals surface area (Å²) in [5.74, 6) is 0. The highest BCUT2D eigenvalue weighted by Gasteiger charge is 2.06. The Labute approximate surface area is 81.9 Å². The van der Waals surface area contributed by atoms with Gasteiger partial charge in [0, 0.05) is 0 Å². The molecule has 0 amide bonds. The van der Waals surface area contributed by atoms with Gasteiger partial charge in [-0.25, -0.2) is 0 Å². The Bertz CT molecular complexity index is 262. The Balaban J connectivity index is 3.65. The quantitative estimate of drug-likeness (QED) is 0.404. The average Bonchev–Trinajstić information content (AvgIpc) is 1.81. The van der Waals surface area contributed by atoms with E-state index >= 15 is 0 Å². The van der Waals surface area contributed by atoms with Gasteiger partial charge < -0.3 is 0 Å². The summed E-state index contributed by atoms with van der Waals surface area (Å²) < 4.78 is 25.7. The third-order valence-electron chi connectivity index (χ3n) is 1.20. The molecule has 3 nitrogen and oxygen atoms in total. The largest absolute Gasteiger partial charge is 0.270 e. The van der Waals surface area contributed by atoms with Crippen molar-refractivity contribution in [3.8, 4) is 0 Å². The van der Waals surface area contributed by atoms with Gasteiger partial charge in [0.25, 0.3) is 10.1 Å². The van der Waals surface area contributed by atoms with Crippen molar-refractivity contribution in [3.63, 3.8) is 0 Å². The zero-order valence-electron chi connectivity index (χ0n) is 8.70. The Hall–Kier alpha value is -0.133. The standard InChI is InChI=1S/C8H18O3SSi/c1-12(9,10)11-7-5-6-8-13(2,3)4/h6,8H,5,7H2,1-4H3. The molecule has 0 spiro atoms. The van der Waals surface area contributed by atoms with Crippen LogP contribution in [0.3, 0.4) is 0 Å². The van der Waals surface area contributed by atoms with Crippen LogP contribution in [0.25, 0.3) is 0 Å². The topological polar surface area (TPSA) is 43.4 Å². The van der Waals surface area contributed by atoms with Crippen molar-refractivity contribution in [2.45, 2.75) is 26.1 Å². The molecule has 0 atom stereocenters. The van der Waals surface area contributed by atoms with Gasteiger partial charge in [-0.05, 0) is 6.42 Å². The summed E-state index contributed by atoms with van der Waals surface area (Å²) >= 11 is 0. The van der Waals surface area contributed by atoms with Crippen LogP contribution in [0.2, 0.25) is 19.6 Å². The minimum absolute atomic E-state index is 0.250. The Morgan fingerprint density at radius 1 is 1.31 bits per heavy atom. The summed E-state index contributed by atoms with van der Waals surface area (Å²) in [4.78, 5) is 0. The van der Waals surface area contributed by atoms with Gasteiger partial charge in [-0.15, -0.1) is 0 Å². The first-order chi connectivity index (χ1) is 5.71. The summed E-state index contributed by atoms with van der Waals surface area (Å²) in [5, 5.41) is 0. The van der Waals surface area contributed by atoms with Crippen LogP contribution in [0, 0.1) is 0 Å². The van der Waals surface area contributed by atoms with Crippen molar-refractivity contribution < 1.29 is 12.6 Å². The lowest BCUT2D eigenvalue weighted by atomic mass is 10.5. The van der Waals surface area contributed by atoms with Crippen molar-refractivity contribution in [1.29, 1.82) is 0 Å². The van der Waals surface area contributed by atoms with Gasteiger partial charge in [-0.2, -0.15) is 8.42 Å². The second-order valence-corrected chi connectivity index (χ2v) is 10.8. The molecule has 0 N–H and O–H groups in total. The number of rotatable bonds is 5. The van der Waals surface area contributed by atoms with Crippen molar-refractivity contribution in [3.05, 3.63) is 11.8 Å². The zero-order chi connectivity index (χ0) is 10.5. The van der Waals surface area contributed by atoms with Gasteiger partial charge in [0.15, 0.2) is 0 Å². The molecule has 0 aliphatic heterocycles. The molecule has 0 bridgehead atoms. The van der Waals surface area contributed by atoms with E-state index in [-0.39, 0.29) is 6.61 Å². The monoisotopic (exact) mass is 222 g/mol. The molecule has 5 heteroatoms. The van der Waals surface area contributed by atoms with E-state index < -0.39 is 18.2 Å². The van der Waals surface area contributed by atoms with Crippen molar-refractivity contribution in [2.24, 2.45) is 0 Å². The lowest BCUT2D eigenvalue weighted by Gasteiger charge is -2.07. The minimum atomic E-state index is -3.26. The molecule has 0 radical (unpaired) electrons. The van der Waals surface area contributed by atoms with Gasteiger partial charge in [-0.1, -0.05) is 31.4 Å². The molecule has 0 aromatic carbocycles. The molecule has 0 saturated carbocycles. The maximum atomic E-state index is 10.6. The number of hydrogen-bond acceptors (Lipinski definition) is 3. The van der Waals surface area contributed by atoms with Crippen molar-refractivity contribution in [1.82, 2.24) is 0 Å². The van der Waals surface area contributed by atoms with Crippen LogP contribution in [0.15, 0.2) is 11.8 Å². The van der Waals surface area contributed by atoms with Crippen LogP contribution in [0.4, 0.5) is 0 Å². The van der Waals surface area contributed by atoms with E-state index in [1.807, 2.05) is 6.08 Å². The predicted octanol–water partition coefficient (Wildman–Crippen LogP) is 1.79. The Morgan fingerprint density at radius 2 is 1.85 bits per heavy atom. The Morgan fingerprint density at radius 3 is 2.23 bits per heavy atom. The zero-order valence-corrected chi connectivity index (χ0v) is 10.5. The van der Waals surface area contributed by atoms with E-state index in [0.717, 1.165) is 6.26 Å². The third-order valence-corrected chi connectivity index (χ3v) is 3.03. The molecule has 0 aliphatic carbocycles. The highest BCUT2D eigenvalue weighted by molar-refractivity contribution is 7.85. The van der Waals surface area contributed by atoms with Gasteiger partial charge in [-0.3, -0.25) is 4.18 Å². The second-order valence-electron chi connectivity index (χ2n) is 4.08. The van der Waals surface area contributed by atoms with Crippen LogP contribution < -0.4 is 0 Å². The van der Waals surface area contributed by atoms with Crippen LogP contribution in [-0.2, 0) is 14.3 Å². The molecule has 13 heavy (non-hydrogen) atoms. The summed E-state index contributed by atoms with van der Waals surface area (Å²) in [6.45, 7) is 6.92. The lowest BCUT2D eigenvalue weighted by Crippen LogP contribution is -2.15. The van der Waals surface area contributed by atoms with E-state index in [4.69, 9.17) is 0 Å². The van der Waals surface area contributed by atoms with E-state index in [2.05, 4.69) is 29.5 Å². The van der Waals surface area contributed by atoms with E-state index in [9.17, 15) is 8.42 Å². The molecular weight excluding hydrogens is 204 g/mol. The van der Waals surface area contributed by atoms with Crippen LogP contribution in [-0.4, -0.2) is 29.4 Å². The van der Waals surface area contributed by atoms with Gasteiger partial charge in [0.2, 0.25) is 0 Å². The predicted molar refractivity (Wildman–Crippen MR) is 57.9 cm³/mol. The summed E-state index contributed by atoms with van der Waals surface area (Å²) in [5.41, 5.74) is 2.18. The summed E-state index contributed by atoms with van der Waals surface area (Å²) in [6.07, 6.45) is 3.73. The highest BCUT2D eigenvalue weighted by atomic mass is 32.2.